The maximum atomic E-state index is 12.0. The molecule has 1 rings (SSSR count). The Morgan fingerprint density at radius 2 is 1.89 bits per heavy atom. The van der Waals surface area contributed by atoms with Crippen LogP contribution in [0.2, 0.25) is 5.02 Å². The van der Waals surface area contributed by atoms with Crippen LogP contribution in [0.25, 0.3) is 0 Å². The highest BCUT2D eigenvalue weighted by molar-refractivity contribution is 6.30. The van der Waals surface area contributed by atoms with Crippen LogP contribution < -0.4 is 10.1 Å². The summed E-state index contributed by atoms with van der Waals surface area (Å²) in [5, 5.41) is 3.51. The summed E-state index contributed by atoms with van der Waals surface area (Å²) in [5.74, 6) is 0.926. The predicted molar refractivity (Wildman–Crippen MR) is 74.0 cm³/mol. The zero-order valence-electron chi connectivity index (χ0n) is 11.3. The maximum Gasteiger partial charge on any atom is 0.263 e. The van der Waals surface area contributed by atoms with Gasteiger partial charge in [-0.15, -0.1) is 0 Å². The van der Waals surface area contributed by atoms with Gasteiger partial charge in [-0.3, -0.25) is 4.79 Å². The van der Waals surface area contributed by atoms with Gasteiger partial charge in [-0.2, -0.15) is 0 Å². The molecule has 1 amide bonds. The molecule has 3 nitrogen and oxygen atoms in total. The molecule has 0 bridgehead atoms. The number of nitrogens with one attached hydrogen (secondary N) is 1. The average molecular weight is 270 g/mol. The third kappa shape index (κ3) is 4.57. The highest BCUT2D eigenvalue weighted by atomic mass is 35.5. The lowest BCUT2D eigenvalue weighted by Crippen LogP contribution is -2.47. The number of ether oxygens (including phenoxy) is 1. The monoisotopic (exact) mass is 269 g/mol. The van der Waals surface area contributed by atoms with Crippen LogP contribution in [0.1, 0.15) is 27.7 Å². The summed E-state index contributed by atoms with van der Waals surface area (Å²) in [7, 11) is 0. The zero-order chi connectivity index (χ0) is 13.8. The first-order valence-electron chi connectivity index (χ1n) is 6.04. The quantitative estimate of drug-likeness (QED) is 0.891. The molecule has 0 aliphatic carbocycles. The summed E-state index contributed by atoms with van der Waals surface area (Å²) in [4.78, 5) is 12.0. The van der Waals surface area contributed by atoms with Crippen LogP contribution in [0.3, 0.4) is 0 Å². The fourth-order valence-corrected chi connectivity index (χ4v) is 1.48. The Bertz CT molecular complexity index is 399. The number of halogens is 1. The van der Waals surface area contributed by atoms with E-state index in [1.54, 1.807) is 38.1 Å². The van der Waals surface area contributed by atoms with Crippen molar-refractivity contribution in [3.05, 3.63) is 29.3 Å². The molecule has 1 aromatic carbocycles. The summed E-state index contributed by atoms with van der Waals surface area (Å²) < 4.78 is 5.68. The van der Waals surface area contributed by atoms with E-state index in [0.717, 1.165) is 0 Å². The Morgan fingerprint density at radius 1 is 1.33 bits per heavy atom. The summed E-state index contributed by atoms with van der Waals surface area (Å²) >= 11 is 5.80. The van der Waals surface area contributed by atoms with E-state index in [9.17, 15) is 4.79 Å². The van der Waals surface area contributed by atoms with Gasteiger partial charge < -0.3 is 10.1 Å². The first kappa shape index (κ1) is 14.8. The molecule has 0 aliphatic heterocycles. The van der Waals surface area contributed by atoms with Crippen LogP contribution in [-0.4, -0.2) is 18.1 Å². The lowest BCUT2D eigenvalue weighted by Gasteiger charge is -2.25. The number of rotatable bonds is 5. The molecule has 18 heavy (non-hydrogen) atoms. The van der Waals surface area contributed by atoms with Gasteiger partial charge in [0.25, 0.3) is 5.91 Å². The summed E-state index contributed by atoms with van der Waals surface area (Å²) in [6.07, 6.45) is 0. The van der Waals surface area contributed by atoms with Crippen LogP contribution >= 0.6 is 11.6 Å². The van der Waals surface area contributed by atoms with Crippen molar-refractivity contribution in [2.24, 2.45) is 5.92 Å². The molecule has 0 atom stereocenters. The van der Waals surface area contributed by atoms with E-state index in [1.807, 2.05) is 13.8 Å². The van der Waals surface area contributed by atoms with E-state index in [1.165, 1.54) is 0 Å². The van der Waals surface area contributed by atoms with Gasteiger partial charge in [-0.1, -0.05) is 25.4 Å². The molecular weight excluding hydrogens is 250 g/mol. The van der Waals surface area contributed by atoms with Gasteiger partial charge in [0.05, 0.1) is 0 Å². The largest absolute Gasteiger partial charge is 0.478 e. The first-order valence-corrected chi connectivity index (χ1v) is 6.42. The Labute approximate surface area is 113 Å². The minimum absolute atomic E-state index is 0.119. The topological polar surface area (TPSA) is 38.3 Å². The van der Waals surface area contributed by atoms with Gasteiger partial charge in [0, 0.05) is 11.6 Å². The summed E-state index contributed by atoms with van der Waals surface area (Å²) in [6, 6.07) is 6.97. The van der Waals surface area contributed by atoms with Crippen molar-refractivity contribution in [1.82, 2.24) is 5.32 Å². The number of hydrogen-bond acceptors (Lipinski definition) is 2. The van der Waals surface area contributed by atoms with Crippen molar-refractivity contribution in [2.75, 3.05) is 6.54 Å². The Kier molecular flexibility index (Phi) is 5.03. The van der Waals surface area contributed by atoms with E-state index >= 15 is 0 Å². The predicted octanol–water partition coefficient (Wildman–Crippen LogP) is 3.27. The lowest BCUT2D eigenvalue weighted by atomic mass is 10.1. The summed E-state index contributed by atoms with van der Waals surface area (Å²) in [6.45, 7) is 8.24. The van der Waals surface area contributed by atoms with E-state index in [-0.39, 0.29) is 5.91 Å². The van der Waals surface area contributed by atoms with Crippen molar-refractivity contribution in [2.45, 2.75) is 33.3 Å². The zero-order valence-corrected chi connectivity index (χ0v) is 12.0. The van der Waals surface area contributed by atoms with Crippen LogP contribution in [0.5, 0.6) is 5.75 Å². The standard InChI is InChI=1S/C14H20ClNO2/c1-10(2)9-16-13(17)14(3,4)18-12-7-5-11(15)6-8-12/h5-8,10H,9H2,1-4H3,(H,16,17). The molecule has 0 aromatic heterocycles. The second-order valence-corrected chi connectivity index (χ2v) is 5.61. The lowest BCUT2D eigenvalue weighted by molar-refractivity contribution is -0.134. The van der Waals surface area contributed by atoms with Gasteiger partial charge in [-0.05, 0) is 44.0 Å². The second kappa shape index (κ2) is 6.10. The van der Waals surface area contributed by atoms with Crippen molar-refractivity contribution in [3.63, 3.8) is 0 Å². The Morgan fingerprint density at radius 3 is 2.39 bits per heavy atom. The van der Waals surface area contributed by atoms with E-state index in [0.29, 0.717) is 23.2 Å². The molecule has 0 fully saturated rings. The minimum Gasteiger partial charge on any atom is -0.478 e. The molecule has 1 aromatic rings. The van der Waals surface area contributed by atoms with Crippen molar-refractivity contribution >= 4 is 17.5 Å². The smallest absolute Gasteiger partial charge is 0.263 e. The highest BCUT2D eigenvalue weighted by Gasteiger charge is 2.29. The van der Waals surface area contributed by atoms with E-state index < -0.39 is 5.60 Å². The molecule has 1 N–H and O–H groups in total. The number of hydrogen-bond donors (Lipinski definition) is 1. The second-order valence-electron chi connectivity index (χ2n) is 5.17. The molecule has 0 saturated heterocycles. The normalized spacial score (nSPS) is 11.4. The number of carbonyl (C=O) groups is 1. The molecule has 0 unspecified atom stereocenters. The molecular formula is C14H20ClNO2. The van der Waals surface area contributed by atoms with E-state index in [4.69, 9.17) is 16.3 Å². The summed E-state index contributed by atoms with van der Waals surface area (Å²) in [5.41, 5.74) is -0.900. The third-order valence-electron chi connectivity index (χ3n) is 2.40. The van der Waals surface area contributed by atoms with Crippen molar-refractivity contribution in [1.29, 1.82) is 0 Å². The fraction of sp³-hybridized carbons (Fsp3) is 0.500. The van der Waals surface area contributed by atoms with Gasteiger partial charge in [0.2, 0.25) is 0 Å². The first-order chi connectivity index (χ1) is 8.31. The Hall–Kier alpha value is -1.22. The van der Waals surface area contributed by atoms with E-state index in [2.05, 4.69) is 5.32 Å². The molecule has 0 saturated carbocycles. The van der Waals surface area contributed by atoms with Crippen LogP contribution in [0, 0.1) is 5.92 Å². The van der Waals surface area contributed by atoms with Crippen molar-refractivity contribution < 1.29 is 9.53 Å². The van der Waals surface area contributed by atoms with Crippen LogP contribution in [0.15, 0.2) is 24.3 Å². The van der Waals surface area contributed by atoms with Crippen LogP contribution in [-0.2, 0) is 4.79 Å². The minimum atomic E-state index is -0.900. The molecule has 0 aliphatic rings. The molecule has 0 spiro atoms. The van der Waals surface area contributed by atoms with Gasteiger partial charge in [0.15, 0.2) is 5.60 Å². The number of amides is 1. The fourth-order valence-electron chi connectivity index (χ4n) is 1.35. The maximum absolute atomic E-state index is 12.0. The van der Waals surface area contributed by atoms with Crippen LogP contribution in [0.4, 0.5) is 0 Å². The SMILES string of the molecule is CC(C)CNC(=O)C(C)(C)Oc1ccc(Cl)cc1. The van der Waals surface area contributed by atoms with Gasteiger partial charge >= 0.3 is 0 Å². The van der Waals surface area contributed by atoms with Gasteiger partial charge in [0.1, 0.15) is 5.75 Å². The van der Waals surface area contributed by atoms with Crippen molar-refractivity contribution in [3.8, 4) is 5.75 Å². The molecule has 100 valence electrons. The molecule has 0 heterocycles. The molecule has 4 heteroatoms. The molecule has 0 radical (unpaired) electrons. The van der Waals surface area contributed by atoms with Gasteiger partial charge in [-0.25, -0.2) is 0 Å². The Balaban J connectivity index is 2.63. The number of carbonyl (C=O) groups excluding carboxylic acids is 1. The average Bonchev–Trinajstić information content (AvgIpc) is 2.28. The highest BCUT2D eigenvalue weighted by Crippen LogP contribution is 2.20. The number of benzene rings is 1. The third-order valence-corrected chi connectivity index (χ3v) is 2.66.